The Bertz CT molecular complexity index is 684. The first-order chi connectivity index (χ1) is 9.65. The van der Waals surface area contributed by atoms with E-state index in [2.05, 4.69) is 20.3 Å². The van der Waals surface area contributed by atoms with E-state index >= 15 is 0 Å². The van der Waals surface area contributed by atoms with E-state index in [9.17, 15) is 5.11 Å². The van der Waals surface area contributed by atoms with Gasteiger partial charge in [-0.15, -0.1) is 0 Å². The Morgan fingerprint density at radius 1 is 1.65 bits per heavy atom. The summed E-state index contributed by atoms with van der Waals surface area (Å²) >= 11 is 5.44. The molecule has 0 aliphatic carbocycles. The van der Waals surface area contributed by atoms with Gasteiger partial charge in [-0.05, 0) is 0 Å². The number of H-pyrrole nitrogens is 1. The number of anilines is 1. The number of ether oxygens (including phenoxy) is 1. The molecular formula is C11H15N5O3S. The molecule has 3 atom stereocenters. The van der Waals surface area contributed by atoms with Gasteiger partial charge in [0.05, 0.1) is 19.0 Å². The molecule has 4 N–H and O–H groups in total. The Kier molecular flexibility index (Phi) is 3.42. The minimum atomic E-state index is -0.728. The van der Waals surface area contributed by atoms with Crippen LogP contribution in [0.15, 0.2) is 6.33 Å². The highest BCUT2D eigenvalue weighted by molar-refractivity contribution is 7.71. The monoisotopic (exact) mass is 297 g/mol. The molecule has 0 aromatic carbocycles. The second-order valence-electron chi connectivity index (χ2n) is 4.58. The summed E-state index contributed by atoms with van der Waals surface area (Å²) in [7, 11) is 1.72. The zero-order valence-electron chi connectivity index (χ0n) is 10.8. The molecule has 1 saturated heterocycles. The molecule has 0 spiro atoms. The average Bonchev–Trinajstić information content (AvgIpc) is 3.04. The van der Waals surface area contributed by atoms with Crippen LogP contribution in [0.3, 0.4) is 0 Å². The molecule has 2 aromatic rings. The van der Waals surface area contributed by atoms with Crippen LogP contribution in [0.2, 0.25) is 0 Å². The number of aliphatic hydroxyl groups excluding tert-OH is 2. The minimum Gasteiger partial charge on any atom is -0.394 e. The molecule has 1 aliphatic rings. The van der Waals surface area contributed by atoms with Crippen molar-refractivity contribution in [2.75, 3.05) is 19.0 Å². The van der Waals surface area contributed by atoms with Crippen LogP contribution in [0.25, 0.3) is 11.2 Å². The van der Waals surface area contributed by atoms with Crippen molar-refractivity contribution in [3.63, 3.8) is 0 Å². The zero-order chi connectivity index (χ0) is 14.3. The first-order valence-electron chi connectivity index (χ1n) is 6.23. The Morgan fingerprint density at radius 2 is 2.45 bits per heavy atom. The van der Waals surface area contributed by atoms with Crippen molar-refractivity contribution in [1.82, 2.24) is 19.5 Å². The Morgan fingerprint density at radius 3 is 3.10 bits per heavy atom. The van der Waals surface area contributed by atoms with Crippen LogP contribution in [-0.2, 0) is 4.74 Å². The lowest BCUT2D eigenvalue weighted by atomic mass is 10.2. The second kappa shape index (κ2) is 5.09. The van der Waals surface area contributed by atoms with Crippen molar-refractivity contribution in [1.29, 1.82) is 0 Å². The largest absolute Gasteiger partial charge is 0.394 e. The number of imidazole rings is 1. The van der Waals surface area contributed by atoms with E-state index < -0.39 is 18.4 Å². The van der Waals surface area contributed by atoms with E-state index in [0.717, 1.165) is 0 Å². The molecule has 0 saturated carbocycles. The molecule has 20 heavy (non-hydrogen) atoms. The molecule has 1 fully saturated rings. The van der Waals surface area contributed by atoms with Gasteiger partial charge in [0.1, 0.15) is 22.5 Å². The standard InChI is InChI=1S/C11H15N5O3S/c1-12-11-15-9-8(13-4-14-9)10(20)16(11)7-2-5(18)6(3-17)19-7/h4-7,17-18H,2-3H2,1H3,(H,12,15)(H,13,14)/t5-,6+,7?/m0/s1. The predicted octanol–water partition coefficient (Wildman–Crippen LogP) is 0.171. The normalized spacial score (nSPS) is 26.2. The number of hydrogen-bond acceptors (Lipinski definition) is 7. The number of aliphatic hydroxyl groups is 2. The number of nitrogens with zero attached hydrogens (tertiary/aromatic N) is 3. The summed E-state index contributed by atoms with van der Waals surface area (Å²) in [5, 5.41) is 22.0. The van der Waals surface area contributed by atoms with Gasteiger partial charge in [0.2, 0.25) is 5.95 Å². The third-order valence-corrected chi connectivity index (χ3v) is 3.79. The zero-order valence-corrected chi connectivity index (χ0v) is 11.6. The molecule has 9 heteroatoms. The highest BCUT2D eigenvalue weighted by atomic mass is 32.1. The Balaban J connectivity index is 2.11. The van der Waals surface area contributed by atoms with Crippen molar-refractivity contribution in [2.45, 2.75) is 24.9 Å². The molecule has 2 aromatic heterocycles. The van der Waals surface area contributed by atoms with Crippen LogP contribution in [-0.4, -0.2) is 55.6 Å². The number of hydrogen-bond donors (Lipinski definition) is 4. The van der Waals surface area contributed by atoms with Crippen LogP contribution >= 0.6 is 12.2 Å². The van der Waals surface area contributed by atoms with Gasteiger partial charge in [0.25, 0.3) is 0 Å². The first-order valence-corrected chi connectivity index (χ1v) is 6.64. The third kappa shape index (κ3) is 1.99. The maximum Gasteiger partial charge on any atom is 0.207 e. The molecule has 0 radical (unpaired) electrons. The molecule has 8 nitrogen and oxygen atoms in total. The van der Waals surface area contributed by atoms with E-state index in [4.69, 9.17) is 22.1 Å². The second-order valence-corrected chi connectivity index (χ2v) is 4.96. The first kappa shape index (κ1) is 13.4. The van der Waals surface area contributed by atoms with Crippen molar-refractivity contribution >= 4 is 29.3 Å². The minimum absolute atomic E-state index is 0.237. The maximum absolute atomic E-state index is 9.86. The van der Waals surface area contributed by atoms with Gasteiger partial charge in [-0.3, -0.25) is 4.57 Å². The molecule has 3 rings (SSSR count). The number of nitrogens with one attached hydrogen (secondary N) is 2. The molecule has 0 amide bonds. The van der Waals surface area contributed by atoms with Crippen molar-refractivity contribution in [3.05, 3.63) is 11.0 Å². The van der Waals surface area contributed by atoms with E-state index in [-0.39, 0.29) is 6.61 Å². The van der Waals surface area contributed by atoms with Gasteiger partial charge in [-0.1, -0.05) is 12.2 Å². The summed E-state index contributed by atoms with van der Waals surface area (Å²) in [4.78, 5) is 11.4. The van der Waals surface area contributed by atoms with Crippen LogP contribution in [0, 0.1) is 4.64 Å². The van der Waals surface area contributed by atoms with Crippen LogP contribution < -0.4 is 5.32 Å². The molecule has 1 unspecified atom stereocenters. The van der Waals surface area contributed by atoms with Crippen molar-refractivity contribution in [2.24, 2.45) is 0 Å². The molecular weight excluding hydrogens is 282 g/mol. The Labute approximate surface area is 119 Å². The number of fused-ring (bicyclic) bond motifs is 1. The summed E-state index contributed by atoms with van der Waals surface area (Å²) in [6.45, 7) is -0.237. The van der Waals surface area contributed by atoms with E-state index in [1.807, 2.05) is 0 Å². The van der Waals surface area contributed by atoms with Crippen LogP contribution in [0.1, 0.15) is 12.6 Å². The van der Waals surface area contributed by atoms with Gasteiger partial charge in [-0.25, -0.2) is 4.98 Å². The van der Waals surface area contributed by atoms with E-state index in [1.54, 1.807) is 11.6 Å². The fourth-order valence-corrected chi connectivity index (χ4v) is 2.74. The molecule has 1 aliphatic heterocycles. The number of rotatable bonds is 3. The van der Waals surface area contributed by atoms with E-state index in [0.29, 0.717) is 28.2 Å². The predicted molar refractivity (Wildman–Crippen MR) is 73.9 cm³/mol. The SMILES string of the molecule is CNc1nc2nc[nH]c2c(=S)n1C1C[C@H](O)[C@@H](CO)O1. The van der Waals surface area contributed by atoms with Crippen LogP contribution in [0.4, 0.5) is 5.95 Å². The lowest BCUT2D eigenvalue weighted by Gasteiger charge is -2.19. The number of aromatic amines is 1. The lowest BCUT2D eigenvalue weighted by molar-refractivity contribution is -0.0443. The molecule has 108 valence electrons. The number of aromatic nitrogens is 4. The quantitative estimate of drug-likeness (QED) is 0.598. The van der Waals surface area contributed by atoms with Crippen molar-refractivity contribution < 1.29 is 14.9 Å². The smallest absolute Gasteiger partial charge is 0.207 e. The van der Waals surface area contributed by atoms with Gasteiger partial charge in [-0.2, -0.15) is 4.98 Å². The van der Waals surface area contributed by atoms with Gasteiger partial charge < -0.3 is 25.3 Å². The molecule has 0 bridgehead atoms. The lowest BCUT2D eigenvalue weighted by Crippen LogP contribution is -2.24. The summed E-state index contributed by atoms with van der Waals surface area (Å²) < 4.78 is 7.82. The highest BCUT2D eigenvalue weighted by Crippen LogP contribution is 2.32. The summed E-state index contributed by atoms with van der Waals surface area (Å²) in [5.74, 6) is 0.505. The Hall–Kier alpha value is -1.55. The van der Waals surface area contributed by atoms with Gasteiger partial charge >= 0.3 is 0 Å². The topological polar surface area (TPSA) is 108 Å². The maximum atomic E-state index is 9.86. The third-order valence-electron chi connectivity index (χ3n) is 3.39. The van der Waals surface area contributed by atoms with Crippen LogP contribution in [0.5, 0.6) is 0 Å². The van der Waals surface area contributed by atoms with Crippen molar-refractivity contribution in [3.8, 4) is 0 Å². The summed E-state index contributed by atoms with van der Waals surface area (Å²) in [6.07, 6.45) is 0.0589. The fraction of sp³-hybridized carbons (Fsp3) is 0.545. The summed E-state index contributed by atoms with van der Waals surface area (Å²) in [6, 6.07) is 0. The fourth-order valence-electron chi connectivity index (χ4n) is 2.38. The van der Waals surface area contributed by atoms with Gasteiger partial charge in [0, 0.05) is 13.5 Å². The van der Waals surface area contributed by atoms with Gasteiger partial charge in [0.15, 0.2) is 5.65 Å². The van der Waals surface area contributed by atoms with E-state index in [1.165, 1.54) is 6.33 Å². The highest BCUT2D eigenvalue weighted by Gasteiger charge is 2.35. The molecule has 3 heterocycles. The average molecular weight is 297 g/mol. The summed E-state index contributed by atoms with van der Waals surface area (Å²) in [5.41, 5.74) is 1.16.